The third kappa shape index (κ3) is 4.22. The normalized spacial score (nSPS) is 12.9. The van der Waals surface area contributed by atoms with Gasteiger partial charge in [-0.2, -0.15) is 0 Å². The number of nitrogens with one attached hydrogen (secondary N) is 1. The van der Waals surface area contributed by atoms with E-state index in [0.717, 1.165) is 25.8 Å². The van der Waals surface area contributed by atoms with Crippen molar-refractivity contribution in [1.29, 1.82) is 0 Å². The van der Waals surface area contributed by atoms with Crippen LogP contribution in [-0.2, 0) is 6.42 Å². The zero-order valence-corrected chi connectivity index (χ0v) is 10.7. The van der Waals surface area contributed by atoms with Gasteiger partial charge in [0.1, 0.15) is 0 Å². The van der Waals surface area contributed by atoms with Crippen molar-refractivity contribution in [2.75, 3.05) is 19.7 Å². The Kier molecular flexibility index (Phi) is 6.64. The van der Waals surface area contributed by atoms with Crippen molar-refractivity contribution in [3.8, 4) is 0 Å². The average Bonchev–Trinajstić information content (AvgIpc) is 2.78. The zero-order valence-electron chi connectivity index (χ0n) is 9.91. The van der Waals surface area contributed by atoms with Gasteiger partial charge in [0.05, 0.1) is 6.04 Å². The van der Waals surface area contributed by atoms with Crippen molar-refractivity contribution in [3.05, 3.63) is 21.9 Å². The van der Waals surface area contributed by atoms with Gasteiger partial charge in [0.25, 0.3) is 0 Å². The number of aliphatic hydroxyl groups excluding tert-OH is 1. The highest BCUT2D eigenvalue weighted by Crippen LogP contribution is 2.23. The Hall–Kier alpha value is -0.420. The lowest BCUT2D eigenvalue weighted by Crippen LogP contribution is -2.28. The fourth-order valence-electron chi connectivity index (χ4n) is 1.58. The number of aryl methyl sites for hydroxylation is 1. The second-order valence-corrected chi connectivity index (χ2v) is 5.03. The van der Waals surface area contributed by atoms with Crippen LogP contribution in [0, 0.1) is 0 Å². The van der Waals surface area contributed by atoms with Crippen molar-refractivity contribution < 1.29 is 5.11 Å². The summed E-state index contributed by atoms with van der Waals surface area (Å²) in [6.45, 7) is 3.99. The summed E-state index contributed by atoms with van der Waals surface area (Å²) in [6.07, 6.45) is 2.94. The van der Waals surface area contributed by atoms with Crippen LogP contribution in [0.25, 0.3) is 0 Å². The van der Waals surface area contributed by atoms with Gasteiger partial charge in [-0.3, -0.25) is 0 Å². The third-order valence-electron chi connectivity index (χ3n) is 2.59. The first-order chi connectivity index (χ1) is 7.81. The Balaban J connectivity index is 2.40. The Morgan fingerprint density at radius 1 is 1.44 bits per heavy atom. The van der Waals surface area contributed by atoms with Gasteiger partial charge in [-0.05, 0) is 37.9 Å². The van der Waals surface area contributed by atoms with Gasteiger partial charge in [-0.15, -0.1) is 11.3 Å². The van der Waals surface area contributed by atoms with Crippen LogP contribution in [0.5, 0.6) is 0 Å². The first-order valence-corrected chi connectivity index (χ1v) is 6.76. The topological polar surface area (TPSA) is 58.3 Å². The Labute approximate surface area is 102 Å². The molecule has 1 aromatic rings. The second kappa shape index (κ2) is 7.79. The molecule has 4 N–H and O–H groups in total. The summed E-state index contributed by atoms with van der Waals surface area (Å²) in [5.41, 5.74) is 5.77. The average molecular weight is 242 g/mol. The van der Waals surface area contributed by atoms with E-state index < -0.39 is 0 Å². The maximum Gasteiger partial charge on any atom is 0.0539 e. The molecule has 0 aromatic carbocycles. The quantitative estimate of drug-likeness (QED) is 0.608. The SMILES string of the molecule is CCc1ccc(C(CN)NCCCCO)s1. The molecule has 3 nitrogen and oxygen atoms in total. The molecule has 0 saturated heterocycles. The molecule has 1 heterocycles. The van der Waals surface area contributed by atoms with Gasteiger partial charge >= 0.3 is 0 Å². The molecule has 0 radical (unpaired) electrons. The first-order valence-electron chi connectivity index (χ1n) is 5.94. The minimum absolute atomic E-state index is 0.268. The lowest BCUT2D eigenvalue weighted by atomic mass is 10.2. The van der Waals surface area contributed by atoms with Gasteiger partial charge in [0, 0.05) is 22.9 Å². The summed E-state index contributed by atoms with van der Waals surface area (Å²) >= 11 is 1.84. The molecule has 1 aromatic heterocycles. The minimum atomic E-state index is 0.268. The predicted molar refractivity (Wildman–Crippen MR) is 69.8 cm³/mol. The van der Waals surface area contributed by atoms with Gasteiger partial charge in [-0.25, -0.2) is 0 Å². The molecule has 1 atom stereocenters. The summed E-state index contributed by atoms with van der Waals surface area (Å²) in [7, 11) is 0. The molecule has 0 fully saturated rings. The van der Waals surface area contributed by atoms with E-state index in [0.29, 0.717) is 6.54 Å². The molecule has 0 aliphatic rings. The van der Waals surface area contributed by atoms with Crippen molar-refractivity contribution in [3.63, 3.8) is 0 Å². The highest BCUT2D eigenvalue weighted by atomic mass is 32.1. The van der Waals surface area contributed by atoms with E-state index in [4.69, 9.17) is 10.8 Å². The van der Waals surface area contributed by atoms with Crippen LogP contribution >= 0.6 is 11.3 Å². The zero-order chi connectivity index (χ0) is 11.8. The molecule has 92 valence electrons. The summed E-state index contributed by atoms with van der Waals surface area (Å²) < 4.78 is 0. The lowest BCUT2D eigenvalue weighted by Gasteiger charge is -2.14. The number of unbranched alkanes of at least 4 members (excludes halogenated alkanes) is 1. The van der Waals surface area contributed by atoms with Crippen molar-refractivity contribution >= 4 is 11.3 Å². The predicted octanol–water partition coefficient (Wildman–Crippen LogP) is 1.67. The van der Waals surface area contributed by atoms with Gasteiger partial charge in [-0.1, -0.05) is 6.92 Å². The standard InChI is InChI=1S/C12H22N2OS/c1-2-10-5-6-12(16-10)11(9-13)14-7-3-4-8-15/h5-6,11,14-15H,2-4,7-9,13H2,1H3. The molecule has 0 bridgehead atoms. The monoisotopic (exact) mass is 242 g/mol. The van der Waals surface area contributed by atoms with E-state index >= 15 is 0 Å². The Bertz CT molecular complexity index is 288. The molecular formula is C12H22N2OS. The van der Waals surface area contributed by atoms with Crippen LogP contribution in [0.1, 0.15) is 35.6 Å². The molecule has 1 rings (SSSR count). The van der Waals surface area contributed by atoms with E-state index in [1.807, 2.05) is 11.3 Å². The second-order valence-electron chi connectivity index (χ2n) is 3.83. The summed E-state index contributed by atoms with van der Waals surface area (Å²) in [5.74, 6) is 0. The largest absolute Gasteiger partial charge is 0.396 e. The van der Waals surface area contributed by atoms with Crippen LogP contribution in [0.4, 0.5) is 0 Å². The number of nitrogens with two attached hydrogens (primary N) is 1. The smallest absolute Gasteiger partial charge is 0.0539 e. The van der Waals surface area contributed by atoms with Crippen LogP contribution in [0.15, 0.2) is 12.1 Å². The minimum Gasteiger partial charge on any atom is -0.396 e. The number of hydrogen-bond acceptors (Lipinski definition) is 4. The number of thiophene rings is 1. The molecule has 0 aliphatic carbocycles. The molecule has 0 spiro atoms. The molecule has 1 unspecified atom stereocenters. The Morgan fingerprint density at radius 3 is 2.81 bits per heavy atom. The number of rotatable bonds is 8. The molecule has 0 amide bonds. The molecule has 4 heteroatoms. The fourth-order valence-corrected chi connectivity index (χ4v) is 2.63. The summed E-state index contributed by atoms with van der Waals surface area (Å²) in [6, 6.07) is 4.61. The number of hydrogen-bond donors (Lipinski definition) is 3. The van der Waals surface area contributed by atoms with Crippen LogP contribution in [0.3, 0.4) is 0 Å². The molecular weight excluding hydrogens is 220 g/mol. The van der Waals surface area contributed by atoms with Gasteiger partial charge < -0.3 is 16.2 Å². The highest BCUT2D eigenvalue weighted by molar-refractivity contribution is 7.12. The maximum absolute atomic E-state index is 8.69. The molecule has 16 heavy (non-hydrogen) atoms. The maximum atomic E-state index is 8.69. The van der Waals surface area contributed by atoms with E-state index in [-0.39, 0.29) is 12.6 Å². The third-order valence-corrected chi connectivity index (χ3v) is 3.93. The van der Waals surface area contributed by atoms with E-state index in [1.54, 1.807) is 0 Å². The van der Waals surface area contributed by atoms with Gasteiger partial charge in [0.15, 0.2) is 0 Å². The first kappa shape index (κ1) is 13.6. The summed E-state index contributed by atoms with van der Waals surface area (Å²) in [5, 5.41) is 12.1. The van der Waals surface area contributed by atoms with E-state index in [1.165, 1.54) is 9.75 Å². The highest BCUT2D eigenvalue weighted by Gasteiger charge is 2.10. The van der Waals surface area contributed by atoms with Crippen molar-refractivity contribution in [2.24, 2.45) is 5.73 Å². The Morgan fingerprint density at radius 2 is 2.25 bits per heavy atom. The van der Waals surface area contributed by atoms with Crippen molar-refractivity contribution in [2.45, 2.75) is 32.2 Å². The van der Waals surface area contributed by atoms with Crippen molar-refractivity contribution in [1.82, 2.24) is 5.32 Å². The lowest BCUT2D eigenvalue weighted by molar-refractivity contribution is 0.282. The number of aliphatic hydroxyl groups is 1. The van der Waals surface area contributed by atoms with Crippen LogP contribution < -0.4 is 11.1 Å². The molecule has 0 saturated carbocycles. The van der Waals surface area contributed by atoms with Crippen LogP contribution in [-0.4, -0.2) is 24.8 Å². The van der Waals surface area contributed by atoms with Crippen LogP contribution in [0.2, 0.25) is 0 Å². The molecule has 0 aliphatic heterocycles. The van der Waals surface area contributed by atoms with E-state index in [9.17, 15) is 0 Å². The van der Waals surface area contributed by atoms with E-state index in [2.05, 4.69) is 24.4 Å². The fraction of sp³-hybridized carbons (Fsp3) is 0.667. The van der Waals surface area contributed by atoms with Gasteiger partial charge in [0.2, 0.25) is 0 Å². The summed E-state index contributed by atoms with van der Waals surface area (Å²) in [4.78, 5) is 2.73.